The smallest absolute Gasteiger partial charge is 0.213 e. The lowest BCUT2D eigenvalue weighted by Crippen LogP contribution is -2.14. The second-order valence-corrected chi connectivity index (χ2v) is 8.31. The fourth-order valence-electron chi connectivity index (χ4n) is 2.80. The lowest BCUT2D eigenvalue weighted by atomic mass is 10.1. The van der Waals surface area contributed by atoms with Crippen LogP contribution in [-0.4, -0.2) is 29.7 Å². The van der Waals surface area contributed by atoms with E-state index in [-0.39, 0.29) is 11.6 Å². The molecule has 2 heterocycles. The number of thiazole rings is 1. The van der Waals surface area contributed by atoms with Crippen molar-refractivity contribution in [3.63, 3.8) is 0 Å². The molecule has 0 radical (unpaired) electrons. The van der Waals surface area contributed by atoms with Crippen LogP contribution in [0.15, 0.2) is 46.9 Å². The molecule has 0 saturated carbocycles. The van der Waals surface area contributed by atoms with E-state index in [1.54, 1.807) is 36.0 Å². The summed E-state index contributed by atoms with van der Waals surface area (Å²) in [4.78, 5) is 11.7. The van der Waals surface area contributed by atoms with Gasteiger partial charge in [0.25, 0.3) is 0 Å². The number of aromatic amines is 1. The van der Waals surface area contributed by atoms with Gasteiger partial charge in [-0.05, 0) is 29.8 Å². The molecule has 0 fully saturated rings. The number of fused-ring (bicyclic) bond motifs is 3. The summed E-state index contributed by atoms with van der Waals surface area (Å²) in [5.74, 6) is -0.197. The fraction of sp³-hybridized carbons (Fsp3) is 0.0588. The van der Waals surface area contributed by atoms with Crippen LogP contribution in [0.1, 0.15) is 11.1 Å². The summed E-state index contributed by atoms with van der Waals surface area (Å²) in [6.07, 6.45) is 1.57. The van der Waals surface area contributed by atoms with Gasteiger partial charge in [0.2, 0.25) is 10.0 Å². The summed E-state index contributed by atoms with van der Waals surface area (Å²) < 4.78 is 23.3. The van der Waals surface area contributed by atoms with Crippen molar-refractivity contribution in [2.45, 2.75) is 5.75 Å². The molecule has 0 atom stereocenters. The summed E-state index contributed by atoms with van der Waals surface area (Å²) >= 11 is 1.53. The third kappa shape index (κ3) is 3.19. The number of aromatic hydroxyl groups is 1. The normalized spacial score (nSPS) is 12.5. The molecule has 0 aliphatic heterocycles. The molecule has 0 aliphatic carbocycles. The Morgan fingerprint density at radius 2 is 2.00 bits per heavy atom. The number of nitrogens with one attached hydrogen (secondary N) is 1. The Kier molecular flexibility index (Phi) is 3.98. The fourth-order valence-corrected chi connectivity index (χ4v) is 4.14. The number of rotatable bonds is 4. The number of hydrogen-bond acceptors (Lipinski definition) is 6. The number of nitrogens with two attached hydrogens (primary N) is 1. The van der Waals surface area contributed by atoms with Crippen molar-refractivity contribution in [2.24, 2.45) is 10.1 Å². The SMILES string of the molecule is NS(=O)(=O)Cc1ccc(N=Cc2c(O)[nH]c3ccc4scnc4c23)cc1. The van der Waals surface area contributed by atoms with Gasteiger partial charge in [0, 0.05) is 11.6 Å². The summed E-state index contributed by atoms with van der Waals surface area (Å²) in [6, 6.07) is 10.6. The first kappa shape index (κ1) is 16.7. The molecule has 0 amide bonds. The van der Waals surface area contributed by atoms with Crippen LogP contribution < -0.4 is 5.14 Å². The lowest BCUT2D eigenvalue weighted by molar-refractivity contribution is 0.457. The van der Waals surface area contributed by atoms with E-state index in [1.807, 2.05) is 12.1 Å². The van der Waals surface area contributed by atoms with Crippen molar-refractivity contribution in [2.75, 3.05) is 0 Å². The summed E-state index contributed by atoms with van der Waals surface area (Å²) in [6.45, 7) is 0. The molecule has 0 unspecified atom stereocenters. The average Bonchev–Trinajstić information content (AvgIpc) is 3.16. The maximum Gasteiger partial charge on any atom is 0.213 e. The van der Waals surface area contributed by atoms with Crippen LogP contribution in [0.4, 0.5) is 5.69 Å². The van der Waals surface area contributed by atoms with Crippen LogP contribution in [0.3, 0.4) is 0 Å². The Hall–Kier alpha value is -2.75. The highest BCUT2D eigenvalue weighted by atomic mass is 32.2. The number of H-pyrrole nitrogens is 1. The predicted molar refractivity (Wildman–Crippen MR) is 104 cm³/mol. The molecule has 2 aromatic carbocycles. The summed E-state index contributed by atoms with van der Waals surface area (Å²) in [5.41, 5.74) is 5.14. The first-order valence-corrected chi connectivity index (χ1v) is 10.2. The summed E-state index contributed by atoms with van der Waals surface area (Å²) in [7, 11) is -3.56. The van der Waals surface area contributed by atoms with Gasteiger partial charge in [0.1, 0.15) is 0 Å². The van der Waals surface area contributed by atoms with Gasteiger partial charge in [-0.3, -0.25) is 4.99 Å². The monoisotopic (exact) mass is 386 g/mol. The van der Waals surface area contributed by atoms with Gasteiger partial charge in [0.15, 0.2) is 5.88 Å². The van der Waals surface area contributed by atoms with E-state index < -0.39 is 10.0 Å². The van der Waals surface area contributed by atoms with Gasteiger partial charge >= 0.3 is 0 Å². The molecule has 0 aliphatic rings. The molecule has 132 valence electrons. The molecule has 0 spiro atoms. The van der Waals surface area contributed by atoms with E-state index in [4.69, 9.17) is 5.14 Å². The molecule has 2 aromatic heterocycles. The minimum atomic E-state index is -3.56. The largest absolute Gasteiger partial charge is 0.494 e. The Balaban J connectivity index is 1.71. The van der Waals surface area contributed by atoms with Crippen LogP contribution in [-0.2, 0) is 15.8 Å². The van der Waals surface area contributed by atoms with Crippen LogP contribution in [0.25, 0.3) is 21.1 Å². The van der Waals surface area contributed by atoms with Crippen molar-refractivity contribution >= 4 is 54.4 Å². The number of sulfonamides is 1. The number of aromatic nitrogens is 2. The highest BCUT2D eigenvalue weighted by Gasteiger charge is 2.13. The molecule has 0 bridgehead atoms. The van der Waals surface area contributed by atoms with Crippen molar-refractivity contribution in [3.05, 3.63) is 53.0 Å². The molecule has 4 N–H and O–H groups in total. The van der Waals surface area contributed by atoms with Gasteiger partial charge in [-0.1, -0.05) is 12.1 Å². The van der Waals surface area contributed by atoms with Crippen LogP contribution in [0, 0.1) is 0 Å². The van der Waals surface area contributed by atoms with Gasteiger partial charge < -0.3 is 10.1 Å². The molecule has 7 nitrogen and oxygen atoms in total. The molecule has 4 rings (SSSR count). The topological polar surface area (TPSA) is 121 Å². The van der Waals surface area contributed by atoms with E-state index in [9.17, 15) is 13.5 Å². The van der Waals surface area contributed by atoms with E-state index in [2.05, 4.69) is 15.0 Å². The van der Waals surface area contributed by atoms with Crippen molar-refractivity contribution < 1.29 is 13.5 Å². The maximum absolute atomic E-state index is 11.1. The number of hydrogen-bond donors (Lipinski definition) is 3. The number of aliphatic imine (C=N–C) groups is 1. The lowest BCUT2D eigenvalue weighted by Gasteiger charge is -2.00. The quantitative estimate of drug-likeness (QED) is 0.467. The highest BCUT2D eigenvalue weighted by Crippen LogP contribution is 2.33. The van der Waals surface area contributed by atoms with Gasteiger partial charge in [-0.2, -0.15) is 0 Å². The Morgan fingerprint density at radius 1 is 1.23 bits per heavy atom. The second-order valence-electron chi connectivity index (χ2n) is 5.81. The Bertz CT molecular complexity index is 1240. The average molecular weight is 386 g/mol. The zero-order valence-corrected chi connectivity index (χ0v) is 15.0. The van der Waals surface area contributed by atoms with Crippen molar-refractivity contribution in [3.8, 4) is 5.88 Å². The number of nitrogens with zero attached hydrogens (tertiary/aromatic N) is 2. The molecular weight excluding hydrogens is 372 g/mol. The van der Waals surface area contributed by atoms with Crippen LogP contribution in [0.2, 0.25) is 0 Å². The Labute approximate surface area is 152 Å². The first-order chi connectivity index (χ1) is 12.4. The zero-order valence-electron chi connectivity index (χ0n) is 13.4. The van der Waals surface area contributed by atoms with Gasteiger partial charge in [-0.15, -0.1) is 11.3 Å². The van der Waals surface area contributed by atoms with Gasteiger partial charge in [0.05, 0.1) is 38.2 Å². The predicted octanol–water partition coefficient (Wildman–Crippen LogP) is 3.02. The van der Waals surface area contributed by atoms with Crippen LogP contribution in [0.5, 0.6) is 5.88 Å². The maximum atomic E-state index is 11.1. The van der Waals surface area contributed by atoms with Crippen molar-refractivity contribution in [1.29, 1.82) is 0 Å². The van der Waals surface area contributed by atoms with E-state index >= 15 is 0 Å². The van der Waals surface area contributed by atoms with Gasteiger partial charge in [-0.25, -0.2) is 18.5 Å². The zero-order chi connectivity index (χ0) is 18.3. The first-order valence-electron chi connectivity index (χ1n) is 7.61. The molecule has 9 heteroatoms. The summed E-state index contributed by atoms with van der Waals surface area (Å²) in [5, 5.41) is 16.1. The molecule has 26 heavy (non-hydrogen) atoms. The third-order valence-electron chi connectivity index (χ3n) is 3.93. The van der Waals surface area contributed by atoms with E-state index in [0.29, 0.717) is 16.8 Å². The minimum Gasteiger partial charge on any atom is -0.494 e. The Morgan fingerprint density at radius 3 is 2.73 bits per heavy atom. The van der Waals surface area contributed by atoms with E-state index in [1.165, 1.54) is 11.3 Å². The second kappa shape index (κ2) is 6.20. The molecule has 0 saturated heterocycles. The number of primary sulfonamides is 1. The number of benzene rings is 2. The van der Waals surface area contributed by atoms with Crippen molar-refractivity contribution in [1.82, 2.24) is 9.97 Å². The standard InChI is InChI=1S/C17H14N4O3S2/c18-26(23,24)8-10-1-3-11(4-2-10)19-7-12-15-13(21-17(12)22)5-6-14-16(15)20-9-25-14/h1-7,9,21-22H,8H2,(H2,18,23,24). The third-order valence-corrected chi connectivity index (χ3v) is 5.46. The highest BCUT2D eigenvalue weighted by molar-refractivity contribution is 7.88. The molecule has 4 aromatic rings. The van der Waals surface area contributed by atoms with Crippen LogP contribution >= 0.6 is 11.3 Å². The molecular formula is C17H14N4O3S2. The minimum absolute atomic E-state index is 0.0232. The van der Waals surface area contributed by atoms with E-state index in [0.717, 1.165) is 21.1 Å².